The quantitative estimate of drug-likeness (QED) is 0.356. The van der Waals surface area contributed by atoms with E-state index in [2.05, 4.69) is 20.2 Å². The topological polar surface area (TPSA) is 89.1 Å². The molecular formula is C18H11Cl2N5O2S2. The van der Waals surface area contributed by atoms with E-state index in [4.69, 9.17) is 27.6 Å². The van der Waals surface area contributed by atoms with Crippen molar-refractivity contribution in [2.45, 2.75) is 17.3 Å². The maximum Gasteiger partial charge on any atom is 0.260 e. The van der Waals surface area contributed by atoms with E-state index in [0.717, 1.165) is 5.56 Å². The average molecular weight is 464 g/mol. The first kappa shape index (κ1) is 18.7. The molecule has 11 heteroatoms. The lowest BCUT2D eigenvalue weighted by molar-refractivity contribution is 0.583. The number of thioether (sulfide) groups is 1. The number of aromatic nitrogens is 5. The van der Waals surface area contributed by atoms with Gasteiger partial charge in [-0.1, -0.05) is 35.0 Å². The van der Waals surface area contributed by atoms with Crippen molar-refractivity contribution in [1.29, 1.82) is 0 Å². The molecule has 0 aliphatic carbocycles. The van der Waals surface area contributed by atoms with Crippen LogP contribution in [0.1, 0.15) is 18.0 Å². The Morgan fingerprint density at radius 1 is 1.34 bits per heavy atom. The van der Waals surface area contributed by atoms with Gasteiger partial charge in [-0.2, -0.15) is 0 Å². The first-order chi connectivity index (χ1) is 14.0. The summed E-state index contributed by atoms with van der Waals surface area (Å²) in [5.74, 6) is 1.19. The van der Waals surface area contributed by atoms with E-state index in [1.165, 1.54) is 23.1 Å². The highest BCUT2D eigenvalue weighted by atomic mass is 35.5. The van der Waals surface area contributed by atoms with Gasteiger partial charge in [0.15, 0.2) is 10.8 Å². The van der Waals surface area contributed by atoms with Gasteiger partial charge in [0.05, 0.1) is 26.9 Å². The average Bonchev–Trinajstić information content (AvgIpc) is 3.41. The summed E-state index contributed by atoms with van der Waals surface area (Å²) in [5.41, 5.74) is 1.05. The summed E-state index contributed by atoms with van der Waals surface area (Å²) in [7, 11) is 0. The largest absolute Gasteiger partial charge is 0.464 e. The fourth-order valence-electron chi connectivity index (χ4n) is 2.97. The second-order valence-corrected chi connectivity index (χ2v) is 9.21. The Hall–Kier alpha value is -2.33. The Morgan fingerprint density at radius 3 is 3.00 bits per heavy atom. The molecule has 5 aromatic heterocycles. The molecule has 5 aromatic rings. The molecule has 1 atom stereocenters. The normalized spacial score (nSPS) is 12.8. The summed E-state index contributed by atoms with van der Waals surface area (Å²) >= 11 is 15.1. The number of nitrogens with one attached hydrogen (secondary N) is 1. The Labute approximate surface area is 181 Å². The number of thiophene rings is 1. The number of rotatable bonds is 4. The number of nitrogens with zero attached hydrogens (tertiary/aromatic N) is 4. The van der Waals surface area contributed by atoms with Crippen molar-refractivity contribution in [3.8, 4) is 11.3 Å². The molecule has 0 aliphatic heterocycles. The molecule has 0 aromatic carbocycles. The standard InChI is InChI=1S/C18H11Cl2N5O2S2/c1-8(29-18-24-23-15-11(20)5-9(19)6-25(15)18)14-21-16(26)13-10(7-28-17(13)22-14)12-3-2-4-27-12/h2-8H,1H3,(H,21,22,26). The summed E-state index contributed by atoms with van der Waals surface area (Å²) in [6, 6.07) is 5.22. The molecule has 0 saturated carbocycles. The van der Waals surface area contributed by atoms with Crippen LogP contribution in [0.3, 0.4) is 0 Å². The van der Waals surface area contributed by atoms with Gasteiger partial charge in [0.25, 0.3) is 5.56 Å². The molecule has 0 amide bonds. The van der Waals surface area contributed by atoms with Crippen molar-refractivity contribution in [2.24, 2.45) is 0 Å². The number of pyridine rings is 1. The van der Waals surface area contributed by atoms with Gasteiger partial charge in [-0.25, -0.2) is 4.98 Å². The Bertz CT molecular complexity index is 1410. The van der Waals surface area contributed by atoms with Gasteiger partial charge in [0.1, 0.15) is 16.4 Å². The maximum atomic E-state index is 12.8. The van der Waals surface area contributed by atoms with Crippen LogP contribution in [0.15, 0.2) is 50.4 Å². The summed E-state index contributed by atoms with van der Waals surface area (Å²) in [6.45, 7) is 1.93. The van der Waals surface area contributed by atoms with Gasteiger partial charge in [-0.15, -0.1) is 21.5 Å². The van der Waals surface area contributed by atoms with Gasteiger partial charge >= 0.3 is 0 Å². The lowest BCUT2D eigenvalue weighted by Crippen LogP contribution is -2.12. The van der Waals surface area contributed by atoms with Gasteiger partial charge in [-0.3, -0.25) is 9.20 Å². The third-order valence-electron chi connectivity index (χ3n) is 4.31. The number of halogens is 2. The minimum Gasteiger partial charge on any atom is -0.464 e. The molecule has 0 radical (unpaired) electrons. The number of aromatic amines is 1. The van der Waals surface area contributed by atoms with E-state index in [-0.39, 0.29) is 10.8 Å². The maximum absolute atomic E-state index is 12.8. The Morgan fingerprint density at radius 2 is 2.21 bits per heavy atom. The lowest BCUT2D eigenvalue weighted by Gasteiger charge is -2.09. The molecule has 0 spiro atoms. The van der Waals surface area contributed by atoms with Crippen molar-refractivity contribution in [1.82, 2.24) is 24.6 Å². The minimum atomic E-state index is -0.206. The highest BCUT2D eigenvalue weighted by Gasteiger charge is 2.20. The monoisotopic (exact) mass is 463 g/mol. The summed E-state index contributed by atoms with van der Waals surface area (Å²) in [5, 5.41) is 12.0. The van der Waals surface area contributed by atoms with Gasteiger partial charge < -0.3 is 9.40 Å². The van der Waals surface area contributed by atoms with E-state index in [1.807, 2.05) is 18.4 Å². The van der Waals surface area contributed by atoms with Crippen LogP contribution in [0.4, 0.5) is 0 Å². The molecule has 1 N–H and O–H groups in total. The Balaban J connectivity index is 1.52. The summed E-state index contributed by atoms with van der Waals surface area (Å²) in [4.78, 5) is 21.0. The molecule has 29 heavy (non-hydrogen) atoms. The predicted molar refractivity (Wildman–Crippen MR) is 115 cm³/mol. The minimum absolute atomic E-state index is 0.189. The van der Waals surface area contributed by atoms with E-state index in [9.17, 15) is 4.79 Å². The van der Waals surface area contributed by atoms with E-state index in [0.29, 0.717) is 42.7 Å². The van der Waals surface area contributed by atoms with Crippen LogP contribution in [0.25, 0.3) is 27.2 Å². The lowest BCUT2D eigenvalue weighted by atomic mass is 10.2. The van der Waals surface area contributed by atoms with Crippen molar-refractivity contribution in [3.05, 3.63) is 62.3 Å². The smallest absolute Gasteiger partial charge is 0.260 e. The zero-order valence-corrected chi connectivity index (χ0v) is 17.9. The van der Waals surface area contributed by atoms with Crippen LogP contribution in [0.2, 0.25) is 10.0 Å². The zero-order chi connectivity index (χ0) is 20.1. The zero-order valence-electron chi connectivity index (χ0n) is 14.7. The molecule has 7 nitrogen and oxygen atoms in total. The van der Waals surface area contributed by atoms with Crippen molar-refractivity contribution < 1.29 is 4.42 Å². The van der Waals surface area contributed by atoms with Crippen LogP contribution in [-0.2, 0) is 0 Å². The SMILES string of the molecule is CC(Sc1nnc2c(Cl)cc(Cl)cn12)c1nc2scc(-c3ccco3)c2c(=O)[nH]1. The third-order valence-corrected chi connectivity index (χ3v) is 6.73. The van der Waals surface area contributed by atoms with Crippen molar-refractivity contribution in [2.75, 3.05) is 0 Å². The molecule has 1 unspecified atom stereocenters. The van der Waals surface area contributed by atoms with Gasteiger partial charge in [-0.05, 0) is 25.1 Å². The number of hydrogen-bond acceptors (Lipinski definition) is 7. The first-order valence-corrected chi connectivity index (χ1v) is 10.9. The second-order valence-electron chi connectivity index (χ2n) is 6.20. The van der Waals surface area contributed by atoms with E-state index >= 15 is 0 Å². The molecular weight excluding hydrogens is 453 g/mol. The fraction of sp³-hybridized carbons (Fsp3) is 0.111. The number of H-pyrrole nitrogens is 1. The van der Waals surface area contributed by atoms with E-state index in [1.54, 1.807) is 29.0 Å². The number of hydrogen-bond donors (Lipinski definition) is 1. The molecule has 0 fully saturated rings. The van der Waals surface area contributed by atoms with Crippen LogP contribution < -0.4 is 5.56 Å². The van der Waals surface area contributed by atoms with Crippen LogP contribution >= 0.6 is 46.3 Å². The summed E-state index contributed by atoms with van der Waals surface area (Å²) < 4.78 is 7.16. The summed E-state index contributed by atoms with van der Waals surface area (Å²) in [6.07, 6.45) is 3.28. The van der Waals surface area contributed by atoms with Gasteiger partial charge in [0, 0.05) is 17.1 Å². The molecule has 0 bridgehead atoms. The Kier molecular flexibility index (Phi) is 4.62. The predicted octanol–water partition coefficient (Wildman–Crippen LogP) is 5.45. The van der Waals surface area contributed by atoms with Gasteiger partial charge in [0.2, 0.25) is 0 Å². The molecule has 0 aliphatic rings. The highest BCUT2D eigenvalue weighted by Crippen LogP contribution is 2.36. The number of fused-ring (bicyclic) bond motifs is 2. The fourth-order valence-corrected chi connectivity index (χ4v) is 5.29. The van der Waals surface area contributed by atoms with E-state index < -0.39 is 0 Å². The molecule has 5 heterocycles. The van der Waals surface area contributed by atoms with Crippen LogP contribution in [0.5, 0.6) is 0 Å². The number of furan rings is 1. The van der Waals surface area contributed by atoms with Crippen LogP contribution in [-0.4, -0.2) is 24.6 Å². The molecule has 0 saturated heterocycles. The third kappa shape index (κ3) is 3.24. The van der Waals surface area contributed by atoms with Crippen molar-refractivity contribution >= 4 is 62.2 Å². The second kappa shape index (κ2) is 7.17. The molecule has 146 valence electrons. The molecule has 5 rings (SSSR count). The van der Waals surface area contributed by atoms with Crippen LogP contribution in [0, 0.1) is 0 Å². The first-order valence-electron chi connectivity index (χ1n) is 8.43. The van der Waals surface area contributed by atoms with Crippen molar-refractivity contribution in [3.63, 3.8) is 0 Å². The highest BCUT2D eigenvalue weighted by molar-refractivity contribution is 7.99.